The van der Waals surface area contributed by atoms with Crippen molar-refractivity contribution in [1.82, 2.24) is 10.3 Å². The number of methoxy groups -OCH3 is 3. The average Bonchev–Trinajstić information content (AvgIpc) is 2.82. The Labute approximate surface area is 186 Å². The molecule has 4 rings (SSSR count). The van der Waals surface area contributed by atoms with Crippen molar-refractivity contribution in [2.45, 2.75) is 6.04 Å². The van der Waals surface area contributed by atoms with E-state index in [1.807, 2.05) is 30.3 Å². The zero-order valence-corrected chi connectivity index (χ0v) is 18.4. The van der Waals surface area contributed by atoms with Crippen LogP contribution in [0, 0.1) is 11.3 Å². The van der Waals surface area contributed by atoms with Crippen LogP contribution in [0.25, 0.3) is 10.8 Å². The number of hydrogen-bond donors (Lipinski definition) is 1. The van der Waals surface area contributed by atoms with Crippen molar-refractivity contribution in [3.63, 3.8) is 0 Å². The molecule has 1 aliphatic rings. The molecule has 1 atom stereocenters. The molecule has 0 spiro atoms. The largest absolute Gasteiger partial charge is 0.495 e. The number of nitriles is 1. The molecule has 1 aliphatic heterocycles. The van der Waals surface area contributed by atoms with Crippen LogP contribution in [-0.2, 0) is 0 Å². The smallest absolute Gasteiger partial charge is 0.161 e. The Morgan fingerprint density at radius 3 is 2.42 bits per heavy atom. The lowest BCUT2D eigenvalue weighted by molar-refractivity contribution is 0.356. The Morgan fingerprint density at radius 2 is 1.77 bits per heavy atom. The van der Waals surface area contributed by atoms with E-state index >= 15 is 0 Å². The molecule has 8 heteroatoms. The molecule has 0 saturated carbocycles. The molecule has 2 heterocycles. The maximum atomic E-state index is 9.58. The van der Waals surface area contributed by atoms with E-state index in [1.165, 1.54) is 0 Å². The van der Waals surface area contributed by atoms with Crippen LogP contribution in [0.15, 0.2) is 36.5 Å². The number of hydrogen-bond acceptors (Lipinski definition) is 7. The molecule has 1 N–H and O–H groups in total. The lowest BCUT2D eigenvalue weighted by Gasteiger charge is -2.35. The van der Waals surface area contributed by atoms with Gasteiger partial charge < -0.3 is 24.4 Å². The van der Waals surface area contributed by atoms with Gasteiger partial charge in [-0.15, -0.1) is 0 Å². The van der Waals surface area contributed by atoms with E-state index in [-0.39, 0.29) is 6.04 Å². The second kappa shape index (κ2) is 8.88. The number of aromatic nitrogens is 1. The van der Waals surface area contributed by atoms with E-state index in [2.05, 4.69) is 21.3 Å². The summed E-state index contributed by atoms with van der Waals surface area (Å²) < 4.78 is 16.2. The van der Waals surface area contributed by atoms with E-state index < -0.39 is 0 Å². The highest BCUT2D eigenvalue weighted by Crippen LogP contribution is 2.38. The minimum absolute atomic E-state index is 0.0739. The van der Waals surface area contributed by atoms with E-state index in [4.69, 9.17) is 25.8 Å². The summed E-state index contributed by atoms with van der Waals surface area (Å²) in [6.45, 7) is 2.26. The van der Waals surface area contributed by atoms with Gasteiger partial charge in [-0.25, -0.2) is 4.98 Å². The van der Waals surface area contributed by atoms with Gasteiger partial charge in [0.1, 0.15) is 17.6 Å². The maximum absolute atomic E-state index is 9.58. The number of nitrogens with zero attached hydrogens (tertiary/aromatic N) is 3. The molecule has 1 saturated heterocycles. The first-order chi connectivity index (χ1) is 15.1. The molecule has 2 aromatic carbocycles. The van der Waals surface area contributed by atoms with Crippen molar-refractivity contribution in [3.8, 4) is 23.3 Å². The van der Waals surface area contributed by atoms with Crippen LogP contribution in [-0.4, -0.2) is 45.9 Å². The zero-order chi connectivity index (χ0) is 22.0. The average molecular weight is 439 g/mol. The van der Waals surface area contributed by atoms with Crippen LogP contribution in [0.2, 0.25) is 5.02 Å². The molecular weight excluding hydrogens is 416 g/mol. The summed E-state index contributed by atoms with van der Waals surface area (Å²) in [5.41, 5.74) is 1.57. The van der Waals surface area contributed by atoms with Crippen LogP contribution in [0.5, 0.6) is 17.2 Å². The third kappa shape index (κ3) is 3.92. The van der Waals surface area contributed by atoms with Crippen molar-refractivity contribution >= 4 is 28.2 Å². The third-order valence-electron chi connectivity index (χ3n) is 5.54. The predicted molar refractivity (Wildman–Crippen MR) is 121 cm³/mol. The second-order valence-corrected chi connectivity index (χ2v) is 7.61. The lowest BCUT2D eigenvalue weighted by atomic mass is 10.0. The van der Waals surface area contributed by atoms with Crippen molar-refractivity contribution in [2.24, 2.45) is 0 Å². The Bertz CT molecular complexity index is 1160. The molecule has 3 aromatic rings. The van der Waals surface area contributed by atoms with Crippen LogP contribution in [0.4, 0.5) is 5.82 Å². The van der Waals surface area contributed by atoms with Crippen LogP contribution < -0.4 is 24.4 Å². The minimum Gasteiger partial charge on any atom is -0.495 e. The molecule has 1 aromatic heterocycles. The van der Waals surface area contributed by atoms with Gasteiger partial charge in [-0.2, -0.15) is 5.26 Å². The van der Waals surface area contributed by atoms with Gasteiger partial charge >= 0.3 is 0 Å². The van der Waals surface area contributed by atoms with E-state index in [9.17, 15) is 5.26 Å². The summed E-state index contributed by atoms with van der Waals surface area (Å²) in [5, 5.41) is 15.3. The second-order valence-electron chi connectivity index (χ2n) is 7.21. The molecule has 160 valence electrons. The third-order valence-corrected chi connectivity index (χ3v) is 5.84. The van der Waals surface area contributed by atoms with E-state index in [0.29, 0.717) is 34.4 Å². The first-order valence-corrected chi connectivity index (χ1v) is 10.2. The standard InChI is InChI=1S/C23H23ClN4O3/c1-29-20-5-4-14(8-18(20)24)19-13-28(7-6-26-19)23-17-10-22(31-3)21(30-2)9-16(17)15(11-25)12-27-23/h4-5,8-10,12,19,26H,6-7,13H2,1-3H3. The normalized spacial score (nSPS) is 16.1. The summed E-state index contributed by atoms with van der Waals surface area (Å²) in [7, 11) is 4.78. The van der Waals surface area contributed by atoms with Crippen LogP contribution in [0.3, 0.4) is 0 Å². The molecule has 0 aliphatic carbocycles. The molecule has 7 nitrogen and oxygen atoms in total. The number of nitrogens with one attached hydrogen (secondary N) is 1. The first kappa shape index (κ1) is 21.0. The van der Waals surface area contributed by atoms with Gasteiger partial charge in [-0.3, -0.25) is 0 Å². The Balaban J connectivity index is 1.74. The van der Waals surface area contributed by atoms with Crippen molar-refractivity contribution in [2.75, 3.05) is 45.9 Å². The summed E-state index contributed by atoms with van der Waals surface area (Å²) >= 11 is 6.34. The highest BCUT2D eigenvalue weighted by molar-refractivity contribution is 6.32. The van der Waals surface area contributed by atoms with Gasteiger partial charge in [-0.05, 0) is 29.8 Å². The summed E-state index contributed by atoms with van der Waals surface area (Å²) in [6, 6.07) is 11.8. The first-order valence-electron chi connectivity index (χ1n) is 9.86. The summed E-state index contributed by atoms with van der Waals surface area (Å²) in [5.74, 6) is 2.64. The lowest BCUT2D eigenvalue weighted by Crippen LogP contribution is -2.46. The number of ether oxygens (including phenoxy) is 3. The SMILES string of the molecule is COc1ccc(C2CN(c3ncc(C#N)c4cc(OC)c(OC)cc34)CCN2)cc1Cl. The van der Waals surface area contributed by atoms with Gasteiger partial charge in [0.05, 0.1) is 31.9 Å². The number of fused-ring (bicyclic) bond motifs is 1. The molecular formula is C23H23ClN4O3. The zero-order valence-electron chi connectivity index (χ0n) is 17.6. The minimum atomic E-state index is 0.0739. The number of halogens is 1. The molecule has 31 heavy (non-hydrogen) atoms. The maximum Gasteiger partial charge on any atom is 0.161 e. The fourth-order valence-electron chi connectivity index (χ4n) is 3.96. The Hall–Kier alpha value is -3.21. The monoisotopic (exact) mass is 438 g/mol. The highest BCUT2D eigenvalue weighted by atomic mass is 35.5. The van der Waals surface area contributed by atoms with Crippen molar-refractivity contribution in [1.29, 1.82) is 5.26 Å². The Morgan fingerprint density at radius 1 is 1.06 bits per heavy atom. The highest BCUT2D eigenvalue weighted by Gasteiger charge is 2.25. The van der Waals surface area contributed by atoms with Gasteiger partial charge in [0, 0.05) is 42.6 Å². The molecule has 0 radical (unpaired) electrons. The fourth-order valence-corrected chi connectivity index (χ4v) is 4.22. The number of pyridine rings is 1. The number of piperazine rings is 1. The molecule has 0 amide bonds. The fraction of sp³-hybridized carbons (Fsp3) is 0.304. The van der Waals surface area contributed by atoms with Gasteiger partial charge in [-0.1, -0.05) is 17.7 Å². The molecule has 1 fully saturated rings. The van der Waals surface area contributed by atoms with Gasteiger partial charge in [0.25, 0.3) is 0 Å². The number of anilines is 1. The summed E-state index contributed by atoms with van der Waals surface area (Å²) in [6.07, 6.45) is 1.62. The predicted octanol–water partition coefficient (Wildman–Crippen LogP) is 3.94. The van der Waals surface area contributed by atoms with E-state index in [1.54, 1.807) is 27.5 Å². The molecule has 0 bridgehead atoms. The number of rotatable bonds is 5. The van der Waals surface area contributed by atoms with Crippen molar-refractivity contribution in [3.05, 3.63) is 52.7 Å². The Kier molecular flexibility index (Phi) is 6.03. The topological polar surface area (TPSA) is 79.6 Å². The van der Waals surface area contributed by atoms with Crippen LogP contribution in [0.1, 0.15) is 17.2 Å². The summed E-state index contributed by atoms with van der Waals surface area (Å²) in [4.78, 5) is 6.86. The van der Waals surface area contributed by atoms with Gasteiger partial charge in [0.15, 0.2) is 11.5 Å². The van der Waals surface area contributed by atoms with E-state index in [0.717, 1.165) is 35.2 Å². The van der Waals surface area contributed by atoms with Gasteiger partial charge in [0.2, 0.25) is 0 Å². The number of benzene rings is 2. The molecule has 1 unspecified atom stereocenters. The van der Waals surface area contributed by atoms with Crippen LogP contribution >= 0.6 is 11.6 Å². The quantitative estimate of drug-likeness (QED) is 0.646. The van der Waals surface area contributed by atoms with Crippen molar-refractivity contribution < 1.29 is 14.2 Å².